The van der Waals surface area contributed by atoms with Gasteiger partial charge >= 0.3 is 0 Å². The Balaban J connectivity index is 0. The zero-order valence-corrected chi connectivity index (χ0v) is 11.6. The van der Waals surface area contributed by atoms with Crippen LogP contribution in [0.5, 0.6) is 0 Å². The Morgan fingerprint density at radius 1 is 1.40 bits per heavy atom. The Bertz CT molecular complexity index is 11.6. The van der Waals surface area contributed by atoms with Crippen molar-refractivity contribution in [2.24, 2.45) is 0 Å². The fourth-order valence-electron chi connectivity index (χ4n) is 0. The summed E-state index contributed by atoms with van der Waals surface area (Å²) < 4.78 is 24.0. The third kappa shape index (κ3) is 26.2. The van der Waals surface area contributed by atoms with Crippen LogP contribution in [0.1, 0.15) is 0 Å². The average molecular weight is 307 g/mol. The molecule has 0 rings (SSSR count). The van der Waals surface area contributed by atoms with Crippen molar-refractivity contribution in [2.75, 3.05) is 0 Å². The van der Waals surface area contributed by atoms with Gasteiger partial charge in [-0.25, -0.2) is 0 Å². The van der Waals surface area contributed by atoms with Crippen LogP contribution >= 0.6 is 0 Å². The first-order chi connectivity index (χ1) is 1.73. The fourth-order valence-corrected chi connectivity index (χ4v) is 0. The molecule has 0 amide bonds. The maximum Gasteiger partial charge on any atom is 0.282 e. The molecule has 0 aromatic heterocycles. The number of hydrogen-bond acceptors (Lipinski definition) is 3. The molecule has 0 saturated carbocycles. The number of hydrogen-bond donors (Lipinski definition) is 1. The Labute approximate surface area is 73.4 Å². The third-order valence-corrected chi connectivity index (χ3v) is 0. The molecule has 0 bridgehead atoms. The molecule has 27 valence electrons. The van der Waals surface area contributed by atoms with Crippen LogP contribution in [0.2, 0.25) is 0 Å². The van der Waals surface area contributed by atoms with Crippen LogP contribution in [-0.2, 0) is 0 Å². The van der Waals surface area contributed by atoms with Crippen LogP contribution in [0, 0.1) is 60.7 Å². The van der Waals surface area contributed by atoms with Crippen LogP contribution in [-0.4, -0.2) is 4.66 Å². The summed E-state index contributed by atoms with van der Waals surface area (Å²) >= 11 is 0. The van der Waals surface area contributed by atoms with Gasteiger partial charge in [0.25, 0.3) is 10.8 Å². The van der Waals surface area contributed by atoms with Gasteiger partial charge in [0.1, 0.15) is 0 Å². The second-order valence-electron chi connectivity index (χ2n) is 0.201. The van der Waals surface area contributed by atoms with E-state index < -0.39 is 10.8 Å². The van der Waals surface area contributed by atoms with E-state index in [-0.39, 0.29) is 49.9 Å². The average Bonchev–Trinajstić information content (AvgIpc) is 0.811. The van der Waals surface area contributed by atoms with Crippen molar-refractivity contribution in [1.29, 1.82) is 0 Å². The topological polar surface area (TPSA) is 66.3 Å². The second kappa shape index (κ2) is 5.77. The quantitative estimate of drug-likeness (QED) is 0.521. The molecule has 0 aliphatic rings. The summed E-state index contributed by atoms with van der Waals surface area (Å²) in [4.78, 5) is 0. The van der Waals surface area contributed by atoms with Crippen molar-refractivity contribution >= 4 is 0 Å². The van der Waals surface area contributed by atoms with E-state index in [1.165, 1.54) is 0 Å². The predicted octanol–water partition coefficient (Wildman–Crippen LogP) is -2.94. The van der Waals surface area contributed by atoms with E-state index in [9.17, 15) is 0 Å². The minimum absolute atomic E-state index is 0. The molecule has 0 aromatic carbocycles. The van der Waals surface area contributed by atoms with Crippen molar-refractivity contribution in [1.82, 2.24) is 0 Å². The first kappa shape index (κ1) is 9.90. The van der Waals surface area contributed by atoms with Gasteiger partial charge in [0.15, 0.2) is 0 Å². The van der Waals surface area contributed by atoms with Crippen LogP contribution in [0.25, 0.3) is 0 Å². The minimum atomic E-state index is -2.60. The van der Waals surface area contributed by atoms with Gasteiger partial charge in [0, 0.05) is 54.5 Å². The van der Waals surface area contributed by atoms with Crippen molar-refractivity contribution in [3.05, 3.63) is 0 Å². The summed E-state index contributed by atoms with van der Waals surface area (Å²) in [6.45, 7) is 0. The summed E-state index contributed by atoms with van der Waals surface area (Å²) in [5.41, 5.74) is 0. The van der Waals surface area contributed by atoms with E-state index in [1.807, 2.05) is 0 Å². The van der Waals surface area contributed by atoms with Gasteiger partial charge in [-0.1, -0.05) is 0 Å². The number of halogens is 1. The molecule has 0 saturated heterocycles. The van der Waals surface area contributed by atoms with Gasteiger partial charge in [-0.2, -0.15) is 0 Å². The Morgan fingerprint density at radius 3 is 1.40 bits per heavy atom. The SMILES string of the molecule is [Fr].[O-][Cl+2]([O-])O. The zero-order valence-electron chi connectivity index (χ0n) is 2.64. The molecule has 0 aliphatic heterocycles. The molecule has 0 heterocycles. The predicted molar refractivity (Wildman–Crippen MR) is 2.22 cm³/mol. The van der Waals surface area contributed by atoms with Gasteiger partial charge in [-0.15, -0.1) is 0 Å². The molecule has 0 unspecified atom stereocenters. The van der Waals surface area contributed by atoms with Gasteiger partial charge in [0.05, 0.1) is 0 Å². The molecular formula is HClFrO3. The van der Waals surface area contributed by atoms with Gasteiger partial charge in [0.2, 0.25) is 0 Å². The molecule has 1 radical (unpaired) electrons. The van der Waals surface area contributed by atoms with Gasteiger partial charge in [-0.05, 0) is 0 Å². The third-order valence-electron chi connectivity index (χ3n) is 0. The Morgan fingerprint density at radius 2 is 1.40 bits per heavy atom. The monoisotopic (exact) mass is 307 g/mol. The zero-order chi connectivity index (χ0) is 3.58. The van der Waals surface area contributed by atoms with Gasteiger partial charge in [-0.3, -0.25) is 0 Å². The molecule has 3 nitrogen and oxygen atoms in total. The number of rotatable bonds is 0. The van der Waals surface area contributed by atoms with Crippen molar-refractivity contribution < 1.29 is 74.6 Å². The first-order valence-electron chi connectivity index (χ1n) is 0.478. The van der Waals surface area contributed by atoms with Crippen molar-refractivity contribution in [2.45, 2.75) is 0 Å². The summed E-state index contributed by atoms with van der Waals surface area (Å²) in [5.74, 6) is 0. The maximum atomic E-state index is 8.52. The largest absolute Gasteiger partial charge is 0.321 e. The van der Waals surface area contributed by atoms with E-state index >= 15 is 0 Å². The van der Waals surface area contributed by atoms with Crippen LogP contribution in [0.15, 0.2) is 0 Å². The molecule has 5 heavy (non-hydrogen) atoms. The van der Waals surface area contributed by atoms with Crippen LogP contribution < -0.4 is 9.32 Å². The fraction of sp³-hybridized carbons (Fsp3) is 0. The van der Waals surface area contributed by atoms with E-state index in [2.05, 4.69) is 0 Å². The molecule has 0 atom stereocenters. The molecule has 5 heteroatoms. The standard InChI is InChI=1S/ClHO3.Fr/c2-1(3)4;/h2H;. The molecule has 0 fully saturated rings. The van der Waals surface area contributed by atoms with E-state index in [0.29, 0.717) is 0 Å². The molecule has 1 N–H and O–H groups in total. The summed E-state index contributed by atoms with van der Waals surface area (Å²) in [7, 11) is -2.60. The maximum absolute atomic E-state index is 8.52. The van der Waals surface area contributed by atoms with E-state index in [4.69, 9.17) is 14.0 Å². The molecule has 0 aliphatic carbocycles. The summed E-state index contributed by atoms with van der Waals surface area (Å²) in [6.07, 6.45) is 0. The van der Waals surface area contributed by atoms with Crippen molar-refractivity contribution in [3.63, 3.8) is 0 Å². The first-order valence-corrected chi connectivity index (χ1v) is 1.43. The van der Waals surface area contributed by atoms with Crippen LogP contribution in [0.4, 0.5) is 0 Å². The van der Waals surface area contributed by atoms with Crippen molar-refractivity contribution in [3.8, 4) is 0 Å². The van der Waals surface area contributed by atoms with Crippen LogP contribution in [0.3, 0.4) is 0 Å². The minimum Gasteiger partial charge on any atom is -0.321 e. The summed E-state index contributed by atoms with van der Waals surface area (Å²) in [5, 5.41) is 0. The summed E-state index contributed by atoms with van der Waals surface area (Å²) in [6, 6.07) is 0. The Kier molecular flexibility index (Phi) is 11.4. The molecule has 0 aromatic rings. The van der Waals surface area contributed by atoms with E-state index in [0.717, 1.165) is 0 Å². The van der Waals surface area contributed by atoms with E-state index in [1.54, 1.807) is 0 Å². The normalized spacial score (nSPS) is 7.20. The smallest absolute Gasteiger partial charge is 0.282 e. The molecular weight excluding hydrogens is 306 g/mol. The Hall–Kier alpha value is 1.77. The second-order valence-corrected chi connectivity index (χ2v) is 0.603. The molecule has 0 spiro atoms. The van der Waals surface area contributed by atoms with Gasteiger partial charge < -0.3 is 9.32 Å².